The molecule has 3 nitrogen and oxygen atoms in total. The van der Waals surface area contributed by atoms with Crippen molar-refractivity contribution in [3.05, 3.63) is 52.4 Å². The molecule has 0 radical (unpaired) electrons. The van der Waals surface area contributed by atoms with Crippen LogP contribution in [0, 0.1) is 0 Å². The van der Waals surface area contributed by atoms with E-state index in [0.29, 0.717) is 5.02 Å². The zero-order valence-corrected chi connectivity index (χ0v) is 11.2. The maximum absolute atomic E-state index is 6.10. The van der Waals surface area contributed by atoms with Gasteiger partial charge in [0.05, 0.1) is 6.20 Å². The van der Waals surface area contributed by atoms with Gasteiger partial charge in [0.15, 0.2) is 0 Å². The number of halogens is 2. The van der Waals surface area contributed by atoms with Gasteiger partial charge in [-0.25, -0.2) is 4.98 Å². The molecule has 0 aliphatic carbocycles. The molecule has 0 fully saturated rings. The maximum atomic E-state index is 6.10. The number of benzene rings is 1. The van der Waals surface area contributed by atoms with Gasteiger partial charge in [-0.1, -0.05) is 29.3 Å². The van der Waals surface area contributed by atoms with Gasteiger partial charge in [-0.05, 0) is 30.5 Å². The molecule has 0 aliphatic rings. The van der Waals surface area contributed by atoms with Crippen LogP contribution in [-0.4, -0.2) is 16.5 Å². The molecule has 0 aliphatic heterocycles. The van der Waals surface area contributed by atoms with Crippen LogP contribution in [0.1, 0.15) is 12.0 Å². The van der Waals surface area contributed by atoms with E-state index >= 15 is 0 Å². The van der Waals surface area contributed by atoms with Gasteiger partial charge in [-0.3, -0.25) is 4.98 Å². The lowest BCUT2D eigenvalue weighted by molar-refractivity contribution is 0.858. The van der Waals surface area contributed by atoms with Crippen LogP contribution in [0.15, 0.2) is 36.8 Å². The third-order valence-corrected chi connectivity index (χ3v) is 3.09. The summed E-state index contributed by atoms with van der Waals surface area (Å²) in [6.45, 7) is 0.831. The highest BCUT2D eigenvalue weighted by Gasteiger charge is 2.01. The van der Waals surface area contributed by atoms with Crippen molar-refractivity contribution in [2.75, 3.05) is 11.9 Å². The summed E-state index contributed by atoms with van der Waals surface area (Å²) in [5.41, 5.74) is 1.11. The average Bonchev–Trinajstić information content (AvgIpc) is 2.38. The van der Waals surface area contributed by atoms with Crippen LogP contribution in [-0.2, 0) is 6.42 Å². The van der Waals surface area contributed by atoms with Crippen LogP contribution in [0.5, 0.6) is 0 Å². The first-order valence-electron chi connectivity index (χ1n) is 5.69. The Hall–Kier alpha value is -1.32. The van der Waals surface area contributed by atoms with Crippen LogP contribution in [0.4, 0.5) is 5.82 Å². The number of rotatable bonds is 5. The van der Waals surface area contributed by atoms with E-state index < -0.39 is 0 Å². The van der Waals surface area contributed by atoms with E-state index in [9.17, 15) is 0 Å². The molecule has 5 heteroatoms. The van der Waals surface area contributed by atoms with Crippen LogP contribution in [0.2, 0.25) is 10.0 Å². The summed E-state index contributed by atoms with van der Waals surface area (Å²) in [5.74, 6) is 0.791. The van der Waals surface area contributed by atoms with Crippen molar-refractivity contribution in [3.63, 3.8) is 0 Å². The van der Waals surface area contributed by atoms with E-state index in [1.165, 1.54) is 0 Å². The first-order valence-corrected chi connectivity index (χ1v) is 6.45. The largest absolute Gasteiger partial charge is 0.369 e. The van der Waals surface area contributed by atoms with Crippen LogP contribution >= 0.6 is 23.2 Å². The fourth-order valence-electron chi connectivity index (χ4n) is 1.61. The second-order valence-electron chi connectivity index (χ2n) is 3.86. The quantitative estimate of drug-likeness (QED) is 0.847. The van der Waals surface area contributed by atoms with Crippen LogP contribution in [0.3, 0.4) is 0 Å². The molecule has 0 saturated carbocycles. The normalized spacial score (nSPS) is 10.3. The number of aromatic nitrogens is 2. The predicted octanol–water partition coefficient (Wildman–Crippen LogP) is 3.83. The Kier molecular flexibility index (Phi) is 4.79. The number of anilines is 1. The molecule has 0 saturated heterocycles. The zero-order valence-electron chi connectivity index (χ0n) is 9.74. The molecule has 94 valence electrons. The molecule has 2 rings (SSSR count). The number of hydrogen-bond acceptors (Lipinski definition) is 3. The Labute approximate surface area is 116 Å². The average molecular weight is 282 g/mol. The molecule has 0 amide bonds. The summed E-state index contributed by atoms with van der Waals surface area (Å²) >= 11 is 11.9. The Balaban J connectivity index is 1.79. The lowest BCUT2D eigenvalue weighted by atomic mass is 10.1. The van der Waals surface area contributed by atoms with Gasteiger partial charge in [0, 0.05) is 29.0 Å². The lowest BCUT2D eigenvalue weighted by Gasteiger charge is -2.06. The summed E-state index contributed by atoms with van der Waals surface area (Å²) in [6, 6.07) is 5.60. The summed E-state index contributed by atoms with van der Waals surface area (Å²) in [6.07, 6.45) is 6.90. The van der Waals surface area contributed by atoms with Gasteiger partial charge in [0.25, 0.3) is 0 Å². The monoisotopic (exact) mass is 281 g/mol. The van der Waals surface area contributed by atoms with Gasteiger partial charge < -0.3 is 5.32 Å². The fourth-order valence-corrected chi connectivity index (χ4v) is 2.11. The van der Waals surface area contributed by atoms with E-state index in [-0.39, 0.29) is 0 Å². The second-order valence-corrected chi connectivity index (χ2v) is 4.70. The first-order chi connectivity index (χ1) is 8.75. The van der Waals surface area contributed by atoms with Gasteiger partial charge in [0.1, 0.15) is 5.82 Å². The van der Waals surface area contributed by atoms with E-state index in [2.05, 4.69) is 15.3 Å². The minimum absolute atomic E-state index is 0.668. The minimum atomic E-state index is 0.668. The number of nitrogens with zero attached hydrogens (tertiary/aromatic N) is 2. The highest BCUT2D eigenvalue weighted by molar-refractivity contribution is 6.35. The first kappa shape index (κ1) is 13.1. The van der Waals surface area contributed by atoms with Crippen molar-refractivity contribution in [1.82, 2.24) is 9.97 Å². The van der Waals surface area contributed by atoms with Crippen molar-refractivity contribution in [2.45, 2.75) is 12.8 Å². The molecule has 2 aromatic rings. The topological polar surface area (TPSA) is 37.8 Å². The highest BCUT2D eigenvalue weighted by Crippen LogP contribution is 2.21. The third-order valence-electron chi connectivity index (χ3n) is 2.51. The van der Waals surface area contributed by atoms with E-state index in [4.69, 9.17) is 23.2 Å². The number of hydrogen-bond donors (Lipinski definition) is 1. The molecule has 0 unspecified atom stereocenters. The van der Waals surface area contributed by atoms with E-state index in [1.807, 2.05) is 12.1 Å². The molecule has 1 aromatic carbocycles. The molecule has 0 atom stereocenters. The molecule has 1 aromatic heterocycles. The Morgan fingerprint density at radius 1 is 1.17 bits per heavy atom. The predicted molar refractivity (Wildman–Crippen MR) is 75.3 cm³/mol. The Bertz CT molecular complexity index is 503. The zero-order chi connectivity index (χ0) is 12.8. The lowest BCUT2D eigenvalue weighted by Crippen LogP contribution is -2.04. The third kappa shape index (κ3) is 3.86. The van der Waals surface area contributed by atoms with Gasteiger partial charge in [0.2, 0.25) is 0 Å². The van der Waals surface area contributed by atoms with Crippen molar-refractivity contribution < 1.29 is 0 Å². The van der Waals surface area contributed by atoms with Gasteiger partial charge in [-0.2, -0.15) is 0 Å². The van der Waals surface area contributed by atoms with Gasteiger partial charge >= 0.3 is 0 Å². The molecule has 1 N–H and O–H groups in total. The van der Waals surface area contributed by atoms with Crippen LogP contribution in [0.25, 0.3) is 0 Å². The van der Waals surface area contributed by atoms with Crippen molar-refractivity contribution >= 4 is 29.0 Å². The molecule has 0 bridgehead atoms. The summed E-state index contributed by atoms with van der Waals surface area (Å²) in [4.78, 5) is 8.12. The molecular weight excluding hydrogens is 269 g/mol. The van der Waals surface area contributed by atoms with Crippen molar-refractivity contribution in [2.24, 2.45) is 0 Å². The standard InChI is InChI=1S/C13H13Cl2N3/c14-11-4-3-10(12(15)8-11)2-1-5-17-13-9-16-6-7-18-13/h3-4,6-9H,1-2,5H2,(H,17,18). The van der Waals surface area contributed by atoms with E-state index in [0.717, 1.165) is 35.8 Å². The van der Waals surface area contributed by atoms with E-state index in [1.54, 1.807) is 24.7 Å². The number of nitrogens with one attached hydrogen (secondary N) is 1. The minimum Gasteiger partial charge on any atom is -0.369 e. The second kappa shape index (κ2) is 6.57. The fraction of sp³-hybridized carbons (Fsp3) is 0.231. The molecule has 1 heterocycles. The SMILES string of the molecule is Clc1ccc(CCCNc2cnccn2)c(Cl)c1. The maximum Gasteiger partial charge on any atom is 0.144 e. The highest BCUT2D eigenvalue weighted by atomic mass is 35.5. The van der Waals surface area contributed by atoms with Crippen LogP contribution < -0.4 is 5.32 Å². The number of aryl methyl sites for hydroxylation is 1. The summed E-state index contributed by atoms with van der Waals surface area (Å²) < 4.78 is 0. The van der Waals surface area contributed by atoms with Crippen molar-refractivity contribution in [3.8, 4) is 0 Å². The van der Waals surface area contributed by atoms with Gasteiger partial charge in [-0.15, -0.1) is 0 Å². The molecular formula is C13H13Cl2N3. The summed E-state index contributed by atoms with van der Waals surface area (Å²) in [7, 11) is 0. The van der Waals surface area contributed by atoms with Crippen molar-refractivity contribution in [1.29, 1.82) is 0 Å². The smallest absolute Gasteiger partial charge is 0.144 e. The summed E-state index contributed by atoms with van der Waals surface area (Å²) in [5, 5.41) is 4.60. The molecule has 0 spiro atoms. The Morgan fingerprint density at radius 3 is 2.78 bits per heavy atom. The molecule has 18 heavy (non-hydrogen) atoms. The Morgan fingerprint density at radius 2 is 2.06 bits per heavy atom.